The van der Waals surface area contributed by atoms with Crippen LogP contribution in [0.15, 0.2) is 12.1 Å². The summed E-state index contributed by atoms with van der Waals surface area (Å²) in [4.78, 5) is 12.7. The number of anilines is 1. The molecule has 1 heterocycles. The number of hydrogen-bond donors (Lipinski definition) is 2. The number of nitrogens with two attached hydrogens (primary N) is 2. The number of nitrogens with zero attached hydrogens (tertiary/aromatic N) is 1. The van der Waals surface area contributed by atoms with Crippen molar-refractivity contribution in [3.05, 3.63) is 29.3 Å². The van der Waals surface area contributed by atoms with Gasteiger partial charge in [0.1, 0.15) is 28.4 Å². The van der Waals surface area contributed by atoms with Gasteiger partial charge in [-0.2, -0.15) is 0 Å². The number of hydrogen-bond acceptors (Lipinski definition) is 3. The molecule has 108 valence electrons. The Morgan fingerprint density at radius 3 is 2.35 bits per heavy atom. The van der Waals surface area contributed by atoms with E-state index in [1.54, 1.807) is 0 Å². The molecule has 20 heavy (non-hydrogen) atoms. The normalized spacial score (nSPS) is 18.9. The Morgan fingerprint density at radius 2 is 1.85 bits per heavy atom. The standard InChI is InChI=1S/C13H15F2N3OS/c14-8-5-7(13(17)20)6-9(15)11(8)18-4-2-1-3-10(18)12(16)19/h5-6,10H,1-4H2,(H2,16,19)(H2,17,20). The van der Waals surface area contributed by atoms with Crippen molar-refractivity contribution in [3.63, 3.8) is 0 Å². The largest absolute Gasteiger partial charge is 0.389 e. The second kappa shape index (κ2) is 5.70. The SMILES string of the molecule is NC(=O)C1CCCCN1c1c(F)cc(C(N)=S)cc1F. The van der Waals surface area contributed by atoms with Gasteiger partial charge in [-0.25, -0.2) is 8.78 Å². The first-order valence-corrected chi connectivity index (χ1v) is 6.67. The van der Waals surface area contributed by atoms with Gasteiger partial charge in [0.2, 0.25) is 5.91 Å². The zero-order valence-electron chi connectivity index (χ0n) is 10.7. The van der Waals surface area contributed by atoms with Crippen molar-refractivity contribution >= 4 is 28.8 Å². The highest BCUT2D eigenvalue weighted by Gasteiger charge is 2.31. The molecule has 4 N–H and O–H groups in total. The maximum Gasteiger partial charge on any atom is 0.240 e. The van der Waals surface area contributed by atoms with Crippen LogP contribution in [-0.4, -0.2) is 23.5 Å². The molecular weight excluding hydrogens is 284 g/mol. The van der Waals surface area contributed by atoms with E-state index in [2.05, 4.69) is 0 Å². The molecule has 0 aromatic heterocycles. The Balaban J connectivity index is 2.45. The van der Waals surface area contributed by atoms with Gasteiger partial charge in [-0.3, -0.25) is 4.79 Å². The second-order valence-corrected chi connectivity index (χ2v) is 5.20. The number of piperidine rings is 1. The van der Waals surface area contributed by atoms with Gasteiger partial charge in [0, 0.05) is 12.1 Å². The van der Waals surface area contributed by atoms with Crippen LogP contribution in [0.25, 0.3) is 0 Å². The van der Waals surface area contributed by atoms with Gasteiger partial charge in [0.05, 0.1) is 0 Å². The van der Waals surface area contributed by atoms with E-state index < -0.39 is 23.6 Å². The van der Waals surface area contributed by atoms with E-state index >= 15 is 0 Å². The lowest BCUT2D eigenvalue weighted by atomic mass is 10.00. The fourth-order valence-corrected chi connectivity index (χ4v) is 2.60. The molecule has 0 saturated carbocycles. The molecule has 1 atom stereocenters. The maximum atomic E-state index is 14.1. The third-order valence-corrected chi connectivity index (χ3v) is 3.66. The summed E-state index contributed by atoms with van der Waals surface area (Å²) in [7, 11) is 0. The van der Waals surface area contributed by atoms with E-state index in [0.717, 1.165) is 25.0 Å². The summed E-state index contributed by atoms with van der Waals surface area (Å²) in [5, 5.41) is 0. The van der Waals surface area contributed by atoms with Crippen molar-refractivity contribution in [3.8, 4) is 0 Å². The summed E-state index contributed by atoms with van der Waals surface area (Å²) in [5.74, 6) is -2.16. The molecule has 7 heteroatoms. The van der Waals surface area contributed by atoms with E-state index in [-0.39, 0.29) is 16.2 Å². The van der Waals surface area contributed by atoms with Gasteiger partial charge < -0.3 is 16.4 Å². The minimum absolute atomic E-state index is 0.0838. The molecule has 1 aliphatic rings. The highest BCUT2D eigenvalue weighted by molar-refractivity contribution is 7.80. The number of carbonyl (C=O) groups is 1. The van der Waals surface area contributed by atoms with Crippen LogP contribution in [0, 0.1) is 11.6 Å². The number of benzene rings is 1. The van der Waals surface area contributed by atoms with Crippen LogP contribution in [0.5, 0.6) is 0 Å². The number of carbonyl (C=O) groups excluding carboxylic acids is 1. The fourth-order valence-electron chi connectivity index (χ4n) is 2.48. The third-order valence-electron chi connectivity index (χ3n) is 3.42. The van der Waals surface area contributed by atoms with E-state index in [9.17, 15) is 13.6 Å². The highest BCUT2D eigenvalue weighted by Crippen LogP contribution is 2.30. The Hall–Kier alpha value is -1.76. The van der Waals surface area contributed by atoms with E-state index in [4.69, 9.17) is 23.7 Å². The smallest absolute Gasteiger partial charge is 0.240 e. The summed E-state index contributed by atoms with van der Waals surface area (Å²) in [5.41, 5.74) is 10.5. The van der Waals surface area contributed by atoms with E-state index in [1.807, 2.05) is 0 Å². The zero-order valence-corrected chi connectivity index (χ0v) is 11.6. The molecular formula is C13H15F2N3OS. The third kappa shape index (κ3) is 2.72. The molecule has 1 amide bonds. The number of amides is 1. The van der Waals surface area contributed by atoms with Gasteiger partial charge in [0.15, 0.2) is 0 Å². The molecule has 0 bridgehead atoms. The monoisotopic (exact) mass is 299 g/mol. The minimum atomic E-state index is -0.791. The quantitative estimate of drug-likeness (QED) is 0.829. The van der Waals surface area contributed by atoms with Gasteiger partial charge in [-0.15, -0.1) is 0 Å². The summed E-state index contributed by atoms with van der Waals surface area (Å²) < 4.78 is 28.3. The molecule has 0 spiro atoms. The van der Waals surface area contributed by atoms with Crippen molar-refractivity contribution in [2.45, 2.75) is 25.3 Å². The van der Waals surface area contributed by atoms with Gasteiger partial charge >= 0.3 is 0 Å². The van der Waals surface area contributed by atoms with Crippen molar-refractivity contribution in [1.82, 2.24) is 0 Å². The van der Waals surface area contributed by atoms with Gasteiger partial charge in [-0.05, 0) is 31.4 Å². The summed E-state index contributed by atoms with van der Waals surface area (Å²) in [6.45, 7) is 0.383. The van der Waals surface area contributed by atoms with Crippen molar-refractivity contribution < 1.29 is 13.6 Å². The highest BCUT2D eigenvalue weighted by atomic mass is 32.1. The first-order valence-electron chi connectivity index (χ1n) is 6.26. The molecule has 0 aliphatic carbocycles. The van der Waals surface area contributed by atoms with Crippen LogP contribution in [0.3, 0.4) is 0 Å². The molecule has 1 aromatic carbocycles. The van der Waals surface area contributed by atoms with Crippen molar-refractivity contribution in [2.24, 2.45) is 11.5 Å². The Labute approximate surface area is 120 Å². The van der Waals surface area contributed by atoms with Crippen LogP contribution >= 0.6 is 12.2 Å². The minimum Gasteiger partial charge on any atom is -0.389 e. The molecule has 2 rings (SSSR count). The molecule has 1 aromatic rings. The molecule has 1 saturated heterocycles. The average molecular weight is 299 g/mol. The number of thiocarbonyl (C=S) groups is 1. The predicted octanol–water partition coefficient (Wildman–Crippen LogP) is 1.44. The zero-order chi connectivity index (χ0) is 14.9. The van der Waals surface area contributed by atoms with Crippen LogP contribution in [0.2, 0.25) is 0 Å². The Morgan fingerprint density at radius 1 is 1.25 bits per heavy atom. The van der Waals surface area contributed by atoms with E-state index in [1.165, 1.54) is 4.90 Å². The molecule has 0 radical (unpaired) electrons. The first kappa shape index (κ1) is 14.6. The lowest BCUT2D eigenvalue weighted by Gasteiger charge is -2.35. The van der Waals surface area contributed by atoms with Crippen molar-refractivity contribution in [2.75, 3.05) is 11.4 Å². The van der Waals surface area contributed by atoms with Crippen LogP contribution < -0.4 is 16.4 Å². The topological polar surface area (TPSA) is 72.4 Å². The predicted molar refractivity (Wildman–Crippen MR) is 76.4 cm³/mol. The first-order chi connectivity index (χ1) is 9.41. The molecule has 4 nitrogen and oxygen atoms in total. The number of halogens is 2. The van der Waals surface area contributed by atoms with Gasteiger partial charge in [-0.1, -0.05) is 12.2 Å². The number of primary amides is 1. The van der Waals surface area contributed by atoms with E-state index in [0.29, 0.717) is 13.0 Å². The summed E-state index contributed by atoms with van der Waals surface area (Å²) >= 11 is 4.70. The number of rotatable bonds is 3. The maximum absolute atomic E-state index is 14.1. The molecule has 1 aliphatic heterocycles. The van der Waals surface area contributed by atoms with Gasteiger partial charge in [0.25, 0.3) is 0 Å². The van der Waals surface area contributed by atoms with Crippen molar-refractivity contribution in [1.29, 1.82) is 0 Å². The van der Waals surface area contributed by atoms with Crippen LogP contribution in [-0.2, 0) is 4.79 Å². The average Bonchev–Trinajstić information content (AvgIpc) is 2.38. The lowest BCUT2D eigenvalue weighted by Crippen LogP contribution is -2.48. The Kier molecular flexibility index (Phi) is 4.17. The van der Waals surface area contributed by atoms with Crippen LogP contribution in [0.4, 0.5) is 14.5 Å². The molecule has 1 unspecified atom stereocenters. The summed E-state index contributed by atoms with van der Waals surface area (Å²) in [6, 6.07) is 1.46. The Bertz CT molecular complexity index is 542. The fraction of sp³-hybridized carbons (Fsp3) is 0.385. The summed E-state index contributed by atoms with van der Waals surface area (Å²) in [6.07, 6.45) is 2.04. The van der Waals surface area contributed by atoms with Crippen LogP contribution in [0.1, 0.15) is 24.8 Å². The lowest BCUT2D eigenvalue weighted by molar-refractivity contribution is -0.119. The molecule has 1 fully saturated rings. The second-order valence-electron chi connectivity index (χ2n) is 4.76.